The lowest BCUT2D eigenvalue weighted by molar-refractivity contribution is -0.133. The van der Waals surface area contributed by atoms with E-state index in [0.717, 1.165) is 65.6 Å². The van der Waals surface area contributed by atoms with Gasteiger partial charge in [0.05, 0.1) is 11.2 Å². The van der Waals surface area contributed by atoms with Crippen molar-refractivity contribution in [2.45, 2.75) is 53.5 Å². The summed E-state index contributed by atoms with van der Waals surface area (Å²) in [5, 5.41) is 4.51. The maximum absolute atomic E-state index is 13.4. The molecule has 2 aliphatic rings. The van der Waals surface area contributed by atoms with Gasteiger partial charge in [-0.25, -0.2) is 0 Å². The molecule has 6 nitrogen and oxygen atoms in total. The van der Waals surface area contributed by atoms with Gasteiger partial charge in [-0.1, -0.05) is 38.1 Å². The Hall–Kier alpha value is -3.45. The van der Waals surface area contributed by atoms with Crippen LogP contribution in [-0.2, 0) is 22.6 Å². The molecule has 3 heterocycles. The second-order valence-corrected chi connectivity index (χ2v) is 10.7. The first-order valence-electron chi connectivity index (χ1n) is 13.1. The number of nitrogens with zero attached hydrogens (tertiary/aromatic N) is 3. The average Bonchev–Trinajstić information content (AvgIpc) is 3.37. The molecule has 0 spiro atoms. The number of benzene rings is 2. The quantitative estimate of drug-likeness (QED) is 0.369. The zero-order chi connectivity index (χ0) is 26.3. The minimum atomic E-state index is -0.181. The number of likely N-dealkylation sites (tertiary alicyclic amines) is 1. The number of aromatic nitrogens is 1. The molecule has 5 rings (SSSR count). The van der Waals surface area contributed by atoms with Gasteiger partial charge in [-0.2, -0.15) is 0 Å². The third-order valence-electron chi connectivity index (χ3n) is 7.76. The Labute approximate surface area is 223 Å². The molecule has 0 radical (unpaired) electrons. The highest BCUT2D eigenvalue weighted by atomic mass is 32.1. The van der Waals surface area contributed by atoms with Crippen LogP contribution < -0.4 is 10.2 Å². The fraction of sp³-hybridized carbons (Fsp3) is 0.367. The van der Waals surface area contributed by atoms with Crippen LogP contribution in [0.2, 0.25) is 0 Å². The van der Waals surface area contributed by atoms with Gasteiger partial charge < -0.3 is 14.8 Å². The van der Waals surface area contributed by atoms with E-state index < -0.39 is 0 Å². The molecule has 7 heteroatoms. The van der Waals surface area contributed by atoms with E-state index in [1.54, 1.807) is 4.90 Å². The number of piperidine rings is 1. The maximum Gasteiger partial charge on any atom is 0.281 e. The molecule has 1 aromatic heterocycles. The first-order chi connectivity index (χ1) is 17.8. The number of aryl methyl sites for hydroxylation is 3. The molecular weight excluding hydrogens is 480 g/mol. The van der Waals surface area contributed by atoms with Crippen molar-refractivity contribution in [3.05, 3.63) is 70.5 Å². The maximum atomic E-state index is 13.4. The van der Waals surface area contributed by atoms with Gasteiger partial charge in [0.25, 0.3) is 5.91 Å². The molecule has 0 unspecified atom stereocenters. The Morgan fingerprint density at radius 2 is 1.89 bits per heavy atom. The first-order valence-corrected chi connectivity index (χ1v) is 13.5. The number of thiocarbonyl (C=S) groups is 1. The highest BCUT2D eigenvalue weighted by molar-refractivity contribution is 7.80. The molecular formula is C30H34N4O2S. The van der Waals surface area contributed by atoms with Gasteiger partial charge in [0.2, 0.25) is 5.91 Å². The zero-order valence-corrected chi connectivity index (χ0v) is 22.8. The third kappa shape index (κ3) is 4.80. The molecule has 1 N–H and O–H groups in total. The number of para-hydroxylation sites is 1. The first kappa shape index (κ1) is 25.2. The normalized spacial score (nSPS) is 17.8. The highest BCUT2D eigenvalue weighted by Gasteiger charge is 2.32. The predicted octanol–water partition coefficient (Wildman–Crippen LogP) is 5.34. The number of amides is 2. The molecule has 0 aliphatic carbocycles. The van der Waals surface area contributed by atoms with Crippen molar-refractivity contribution in [1.29, 1.82) is 0 Å². The van der Waals surface area contributed by atoms with Crippen molar-refractivity contribution in [3.8, 4) is 0 Å². The van der Waals surface area contributed by atoms with Crippen LogP contribution in [0, 0.1) is 19.8 Å². The molecule has 0 saturated carbocycles. The van der Waals surface area contributed by atoms with E-state index in [9.17, 15) is 9.59 Å². The lowest BCUT2D eigenvalue weighted by Gasteiger charge is -2.30. The number of anilines is 1. The van der Waals surface area contributed by atoms with E-state index >= 15 is 0 Å². The van der Waals surface area contributed by atoms with Crippen LogP contribution in [0.15, 0.2) is 48.3 Å². The minimum Gasteiger partial charge on any atom is -0.341 e. The molecule has 2 aliphatic heterocycles. The van der Waals surface area contributed by atoms with Gasteiger partial charge in [-0.05, 0) is 86.1 Å². The summed E-state index contributed by atoms with van der Waals surface area (Å²) in [5.74, 6) is 0.637. The van der Waals surface area contributed by atoms with Gasteiger partial charge in [0.15, 0.2) is 5.11 Å². The number of hydrogen-bond donors (Lipinski definition) is 1. The predicted molar refractivity (Wildman–Crippen MR) is 153 cm³/mol. The van der Waals surface area contributed by atoms with Gasteiger partial charge in [0.1, 0.15) is 12.2 Å². The lowest BCUT2D eigenvalue weighted by atomic mass is 9.99. The van der Waals surface area contributed by atoms with Crippen LogP contribution in [-0.4, -0.2) is 39.5 Å². The molecule has 2 saturated heterocycles. The van der Waals surface area contributed by atoms with E-state index in [4.69, 9.17) is 12.2 Å². The van der Waals surface area contributed by atoms with E-state index in [-0.39, 0.29) is 11.8 Å². The van der Waals surface area contributed by atoms with Crippen LogP contribution in [0.3, 0.4) is 0 Å². The topological polar surface area (TPSA) is 57.6 Å². The van der Waals surface area contributed by atoms with Crippen LogP contribution in [0.4, 0.5) is 5.69 Å². The van der Waals surface area contributed by atoms with Crippen molar-refractivity contribution < 1.29 is 9.59 Å². The Morgan fingerprint density at radius 1 is 1.14 bits per heavy atom. The van der Waals surface area contributed by atoms with Crippen molar-refractivity contribution in [3.63, 3.8) is 0 Å². The molecule has 0 atom stereocenters. The lowest BCUT2D eigenvalue weighted by Crippen LogP contribution is -2.39. The van der Waals surface area contributed by atoms with Gasteiger partial charge in [-0.3, -0.25) is 14.5 Å². The Morgan fingerprint density at radius 3 is 2.59 bits per heavy atom. The van der Waals surface area contributed by atoms with Crippen molar-refractivity contribution in [1.82, 2.24) is 14.8 Å². The summed E-state index contributed by atoms with van der Waals surface area (Å²) in [4.78, 5) is 30.2. The Balaban J connectivity index is 1.49. The van der Waals surface area contributed by atoms with E-state index in [0.29, 0.717) is 23.3 Å². The molecule has 2 amide bonds. The van der Waals surface area contributed by atoms with Crippen LogP contribution in [0.5, 0.6) is 0 Å². The van der Waals surface area contributed by atoms with Gasteiger partial charge in [0, 0.05) is 30.2 Å². The van der Waals surface area contributed by atoms with Crippen molar-refractivity contribution in [2.75, 3.05) is 18.0 Å². The van der Waals surface area contributed by atoms with Gasteiger partial charge in [-0.15, -0.1) is 0 Å². The Bertz CT molecular complexity index is 1430. The monoisotopic (exact) mass is 514 g/mol. The second kappa shape index (κ2) is 10.1. The van der Waals surface area contributed by atoms with Crippen LogP contribution in [0.1, 0.15) is 48.9 Å². The van der Waals surface area contributed by atoms with Crippen molar-refractivity contribution >= 4 is 51.8 Å². The average molecular weight is 515 g/mol. The van der Waals surface area contributed by atoms with E-state index in [1.807, 2.05) is 55.3 Å². The van der Waals surface area contributed by atoms with E-state index in [1.165, 1.54) is 5.56 Å². The molecule has 2 aromatic carbocycles. The smallest absolute Gasteiger partial charge is 0.281 e. The summed E-state index contributed by atoms with van der Waals surface area (Å²) < 4.78 is 2.06. The zero-order valence-electron chi connectivity index (χ0n) is 22.0. The molecule has 2 fully saturated rings. The number of fused-ring (bicyclic) bond motifs is 1. The largest absolute Gasteiger partial charge is 0.341 e. The minimum absolute atomic E-state index is 0.145. The fourth-order valence-corrected chi connectivity index (χ4v) is 5.58. The number of hydrogen-bond acceptors (Lipinski definition) is 3. The standard InChI is InChI=1S/C30H34N4O2S/c1-5-22-7-6-8-25-23(17-33(28(22)25)18-27(35)32-13-11-19(2)12-14-32)16-26-29(36)34(30(37)31-26)24-10-9-20(3)21(4)15-24/h6-10,15-17,19H,5,11-14,18H2,1-4H3,(H,31,37)/b26-16-. The number of carbonyl (C=O) groups is 2. The summed E-state index contributed by atoms with van der Waals surface area (Å²) in [6, 6.07) is 12.1. The molecule has 37 heavy (non-hydrogen) atoms. The summed E-state index contributed by atoms with van der Waals surface area (Å²) in [6.07, 6.45) is 6.83. The summed E-state index contributed by atoms with van der Waals surface area (Å²) in [6.45, 7) is 10.4. The van der Waals surface area contributed by atoms with E-state index in [2.05, 4.69) is 35.9 Å². The summed E-state index contributed by atoms with van der Waals surface area (Å²) in [7, 11) is 0. The SMILES string of the molecule is CCc1cccc2c(/C=C3\NC(=S)N(c4ccc(C)c(C)c4)C3=O)cn(CC(=O)N3CCC(C)CC3)c12. The third-order valence-corrected chi connectivity index (χ3v) is 8.05. The van der Waals surface area contributed by atoms with Crippen LogP contribution >= 0.6 is 12.2 Å². The second-order valence-electron chi connectivity index (χ2n) is 10.3. The Kier molecular flexibility index (Phi) is 6.90. The fourth-order valence-electron chi connectivity index (χ4n) is 5.28. The number of rotatable bonds is 5. The molecule has 3 aromatic rings. The van der Waals surface area contributed by atoms with Crippen molar-refractivity contribution in [2.24, 2.45) is 5.92 Å². The number of nitrogens with one attached hydrogen (secondary N) is 1. The molecule has 192 valence electrons. The summed E-state index contributed by atoms with van der Waals surface area (Å²) >= 11 is 5.54. The highest BCUT2D eigenvalue weighted by Crippen LogP contribution is 2.30. The molecule has 0 bridgehead atoms. The summed E-state index contributed by atoms with van der Waals surface area (Å²) in [5.41, 5.74) is 6.58. The van der Waals surface area contributed by atoms with Gasteiger partial charge >= 0.3 is 0 Å². The van der Waals surface area contributed by atoms with Crippen LogP contribution in [0.25, 0.3) is 17.0 Å². The number of carbonyl (C=O) groups excluding carboxylic acids is 2.